The fourth-order valence-electron chi connectivity index (χ4n) is 2.78. The van der Waals surface area contributed by atoms with Crippen LogP contribution in [-0.2, 0) is 9.59 Å². The van der Waals surface area contributed by atoms with E-state index in [1.165, 1.54) is 6.08 Å². The number of anilines is 1. The lowest BCUT2D eigenvalue weighted by molar-refractivity contribution is -0.127. The number of rotatable bonds is 6. The lowest BCUT2D eigenvalue weighted by atomic mass is 10.2. The minimum absolute atomic E-state index is 0.0463. The summed E-state index contributed by atoms with van der Waals surface area (Å²) in [4.78, 5) is 38.4. The maximum Gasteiger partial charge on any atom is 0.294 e. The van der Waals surface area contributed by atoms with E-state index in [4.69, 9.17) is 4.74 Å². The van der Waals surface area contributed by atoms with Gasteiger partial charge in [-0.3, -0.25) is 19.3 Å². The molecule has 3 amide bonds. The second-order valence-corrected chi connectivity index (χ2v) is 8.26. The van der Waals surface area contributed by atoms with Gasteiger partial charge in [-0.05, 0) is 76.9 Å². The smallest absolute Gasteiger partial charge is 0.294 e. The van der Waals surface area contributed by atoms with Crippen LogP contribution in [0.3, 0.4) is 0 Å². The number of hydrogen-bond acceptors (Lipinski definition) is 6. The van der Waals surface area contributed by atoms with Crippen molar-refractivity contribution in [3.63, 3.8) is 0 Å². The van der Waals surface area contributed by atoms with Crippen molar-refractivity contribution in [2.24, 2.45) is 0 Å². The molecule has 1 fully saturated rings. The summed E-state index contributed by atoms with van der Waals surface area (Å²) >= 11 is 4.00. The molecule has 0 saturated carbocycles. The van der Waals surface area contributed by atoms with E-state index < -0.39 is 17.1 Å². The number of aryl methyl sites for hydroxylation is 1. The number of phenols is 1. The highest BCUT2D eigenvalue weighted by Crippen LogP contribution is 2.38. The minimum atomic E-state index is -0.549. The number of thioether (sulfide) groups is 1. The number of hydrogen-bond donors (Lipinski definition) is 2. The number of para-hydroxylation sites is 1. The maximum atomic E-state index is 12.7. The van der Waals surface area contributed by atoms with Crippen LogP contribution in [0.25, 0.3) is 6.08 Å². The van der Waals surface area contributed by atoms with Gasteiger partial charge in [-0.25, -0.2) is 0 Å². The molecular weight excluding hydrogens is 472 g/mol. The molecule has 1 aliphatic heterocycles. The fraction of sp³-hybridized carbons (Fsp3) is 0.190. The van der Waals surface area contributed by atoms with E-state index in [9.17, 15) is 19.5 Å². The summed E-state index contributed by atoms with van der Waals surface area (Å²) in [6.07, 6.45) is 1.52. The highest BCUT2D eigenvalue weighted by Gasteiger charge is 2.36. The number of halogens is 1. The molecule has 2 N–H and O–H groups in total. The highest BCUT2D eigenvalue weighted by atomic mass is 79.9. The molecule has 2 aromatic rings. The van der Waals surface area contributed by atoms with Gasteiger partial charge >= 0.3 is 0 Å². The van der Waals surface area contributed by atoms with Gasteiger partial charge in [0.05, 0.1) is 16.0 Å². The first-order valence-electron chi connectivity index (χ1n) is 9.06. The van der Waals surface area contributed by atoms with Crippen LogP contribution in [0.4, 0.5) is 10.5 Å². The van der Waals surface area contributed by atoms with Gasteiger partial charge in [0.2, 0.25) is 5.91 Å². The molecule has 156 valence electrons. The zero-order chi connectivity index (χ0) is 21.8. The van der Waals surface area contributed by atoms with Crippen LogP contribution >= 0.6 is 27.7 Å². The van der Waals surface area contributed by atoms with Gasteiger partial charge in [-0.1, -0.05) is 18.2 Å². The van der Waals surface area contributed by atoms with Crippen LogP contribution in [0.15, 0.2) is 45.8 Å². The number of benzene rings is 2. The van der Waals surface area contributed by atoms with E-state index in [2.05, 4.69) is 21.2 Å². The van der Waals surface area contributed by atoms with Gasteiger partial charge in [-0.2, -0.15) is 0 Å². The molecule has 1 heterocycles. The zero-order valence-corrected chi connectivity index (χ0v) is 18.7. The second kappa shape index (κ2) is 9.36. The first-order valence-corrected chi connectivity index (χ1v) is 10.7. The topological polar surface area (TPSA) is 95.9 Å². The minimum Gasteiger partial charge on any atom is -0.503 e. The molecule has 1 saturated heterocycles. The zero-order valence-electron chi connectivity index (χ0n) is 16.3. The largest absolute Gasteiger partial charge is 0.503 e. The van der Waals surface area contributed by atoms with Crippen LogP contribution in [0.5, 0.6) is 11.5 Å². The molecule has 7 nitrogen and oxygen atoms in total. The Kier molecular flexibility index (Phi) is 6.84. The van der Waals surface area contributed by atoms with E-state index in [1.54, 1.807) is 31.2 Å². The summed E-state index contributed by atoms with van der Waals surface area (Å²) in [6, 6.07) is 10.4. The summed E-state index contributed by atoms with van der Waals surface area (Å²) in [5, 5.41) is 12.2. The average molecular weight is 491 g/mol. The fourth-order valence-corrected chi connectivity index (χ4v) is 4.07. The van der Waals surface area contributed by atoms with Gasteiger partial charge < -0.3 is 15.2 Å². The molecule has 2 aromatic carbocycles. The van der Waals surface area contributed by atoms with E-state index in [0.717, 1.165) is 22.2 Å². The molecule has 30 heavy (non-hydrogen) atoms. The van der Waals surface area contributed by atoms with Crippen molar-refractivity contribution in [2.75, 3.05) is 18.5 Å². The van der Waals surface area contributed by atoms with Crippen molar-refractivity contribution in [2.45, 2.75) is 13.8 Å². The van der Waals surface area contributed by atoms with E-state index in [1.807, 2.05) is 19.1 Å². The quantitative estimate of drug-likeness (QED) is 0.577. The van der Waals surface area contributed by atoms with Gasteiger partial charge in [0.1, 0.15) is 6.54 Å². The summed E-state index contributed by atoms with van der Waals surface area (Å²) in [7, 11) is 0. The number of imide groups is 1. The van der Waals surface area contributed by atoms with Crippen LogP contribution in [0, 0.1) is 6.92 Å². The van der Waals surface area contributed by atoms with Gasteiger partial charge in [0.25, 0.3) is 11.1 Å². The highest BCUT2D eigenvalue weighted by molar-refractivity contribution is 9.10. The van der Waals surface area contributed by atoms with Gasteiger partial charge in [-0.15, -0.1) is 0 Å². The Morgan fingerprint density at radius 2 is 2.03 bits per heavy atom. The third-order valence-electron chi connectivity index (χ3n) is 4.24. The number of nitrogens with zero attached hydrogens (tertiary/aromatic N) is 1. The van der Waals surface area contributed by atoms with Crippen molar-refractivity contribution in [3.05, 3.63) is 56.9 Å². The van der Waals surface area contributed by atoms with Gasteiger partial charge in [0.15, 0.2) is 11.5 Å². The Hall–Kier alpha value is -2.78. The summed E-state index contributed by atoms with van der Waals surface area (Å²) in [5.74, 6) is -0.795. The molecule has 0 aromatic heterocycles. The number of phenolic OH excluding ortho intramolecular Hbond substituents is 1. The first kappa shape index (κ1) is 21.9. The molecule has 0 bridgehead atoms. The Bertz CT molecular complexity index is 1050. The summed E-state index contributed by atoms with van der Waals surface area (Å²) < 4.78 is 5.78. The molecule has 1 aliphatic rings. The van der Waals surface area contributed by atoms with Crippen molar-refractivity contribution >= 4 is 56.5 Å². The van der Waals surface area contributed by atoms with Crippen LogP contribution in [0.2, 0.25) is 0 Å². The molecule has 0 unspecified atom stereocenters. The Balaban J connectivity index is 1.76. The normalized spacial score (nSPS) is 15.0. The number of ether oxygens (including phenoxy) is 1. The molecular formula is C21H19BrN2O5S. The predicted molar refractivity (Wildman–Crippen MR) is 119 cm³/mol. The Labute approximate surface area is 186 Å². The van der Waals surface area contributed by atoms with Crippen LogP contribution in [0.1, 0.15) is 18.1 Å². The predicted octanol–water partition coefficient (Wildman–Crippen LogP) is 4.54. The molecule has 0 atom stereocenters. The average Bonchev–Trinajstić information content (AvgIpc) is 2.95. The lowest BCUT2D eigenvalue weighted by Gasteiger charge is -2.13. The number of nitrogens with one attached hydrogen (secondary N) is 1. The molecule has 3 rings (SSSR count). The SMILES string of the molecule is CCOc1cc(/C=C2/SC(=O)N(CC(=O)Nc3ccccc3C)C2=O)cc(Br)c1O. The third kappa shape index (κ3) is 4.85. The maximum absolute atomic E-state index is 12.7. The van der Waals surface area contributed by atoms with Crippen LogP contribution in [-0.4, -0.2) is 40.2 Å². The number of amides is 3. The molecule has 0 aliphatic carbocycles. The van der Waals surface area contributed by atoms with Crippen molar-refractivity contribution in [1.29, 1.82) is 0 Å². The standard InChI is InChI=1S/C21H19BrN2O5S/c1-3-29-16-9-13(8-14(22)19(16)26)10-17-20(27)24(21(28)30-17)11-18(25)23-15-7-5-4-6-12(15)2/h4-10,26H,3,11H2,1-2H3,(H,23,25)/b17-10+. The summed E-state index contributed by atoms with van der Waals surface area (Å²) in [5.41, 5.74) is 2.07. The summed E-state index contributed by atoms with van der Waals surface area (Å²) in [6.45, 7) is 3.62. The Morgan fingerprint density at radius 3 is 2.73 bits per heavy atom. The van der Waals surface area contributed by atoms with Crippen LogP contribution < -0.4 is 10.1 Å². The number of aromatic hydroxyl groups is 1. The molecule has 9 heteroatoms. The number of carbonyl (C=O) groups is 3. The van der Waals surface area contributed by atoms with Crippen molar-refractivity contribution in [1.82, 2.24) is 4.90 Å². The first-order chi connectivity index (χ1) is 14.3. The monoisotopic (exact) mass is 490 g/mol. The van der Waals surface area contributed by atoms with Crippen molar-refractivity contribution < 1.29 is 24.2 Å². The molecule has 0 spiro atoms. The lowest BCUT2D eigenvalue weighted by Crippen LogP contribution is -2.36. The van der Waals surface area contributed by atoms with Crippen molar-refractivity contribution in [3.8, 4) is 11.5 Å². The van der Waals surface area contributed by atoms with E-state index >= 15 is 0 Å². The van der Waals surface area contributed by atoms with Gasteiger partial charge in [0, 0.05) is 5.69 Å². The Morgan fingerprint density at radius 1 is 1.30 bits per heavy atom. The van der Waals surface area contributed by atoms with E-state index in [0.29, 0.717) is 22.3 Å². The number of carbonyl (C=O) groups excluding carboxylic acids is 3. The second-order valence-electron chi connectivity index (χ2n) is 6.41. The van der Waals surface area contributed by atoms with E-state index in [-0.39, 0.29) is 22.9 Å². The third-order valence-corrected chi connectivity index (χ3v) is 5.75. The molecule has 0 radical (unpaired) electrons.